The number of aliphatic hydroxyl groups is 1. The van der Waals surface area contributed by atoms with Gasteiger partial charge in [0.05, 0.1) is 18.7 Å². The third kappa shape index (κ3) is 2.57. The monoisotopic (exact) mass is 320 g/mol. The molecule has 2 aromatic carbocycles. The molecular weight excluding hydrogens is 300 g/mol. The first-order chi connectivity index (χ1) is 11.7. The molecule has 0 saturated carbocycles. The third-order valence-electron chi connectivity index (χ3n) is 4.73. The molecule has 1 aliphatic rings. The highest BCUT2D eigenvalue weighted by molar-refractivity contribution is 5.79. The van der Waals surface area contributed by atoms with Crippen molar-refractivity contribution in [2.24, 2.45) is 0 Å². The summed E-state index contributed by atoms with van der Waals surface area (Å²) in [6.45, 7) is 1.63. The van der Waals surface area contributed by atoms with Crippen LogP contribution in [0.4, 0.5) is 0 Å². The average molecular weight is 320 g/mol. The van der Waals surface area contributed by atoms with E-state index in [1.165, 1.54) is 4.90 Å². The molecule has 3 rings (SSSR count). The summed E-state index contributed by atoms with van der Waals surface area (Å²) in [5.41, 5.74) is 3.13. The Balaban J connectivity index is 2.03. The van der Waals surface area contributed by atoms with Gasteiger partial charge in [0.15, 0.2) is 0 Å². The Bertz CT molecular complexity index is 767. The molecule has 4 nitrogen and oxygen atoms in total. The SMILES string of the molecule is CCC(=O)N1[C@@H](C#N)[C@H](c2ccccc2-c2ccccc2)[C@@H]1CO. The van der Waals surface area contributed by atoms with Crippen LogP contribution in [0.5, 0.6) is 0 Å². The molecule has 2 aromatic rings. The fourth-order valence-electron chi connectivity index (χ4n) is 3.57. The second kappa shape index (κ2) is 6.86. The summed E-state index contributed by atoms with van der Waals surface area (Å²) < 4.78 is 0. The molecule has 1 N–H and O–H groups in total. The fraction of sp³-hybridized carbons (Fsp3) is 0.300. The van der Waals surface area contributed by atoms with Gasteiger partial charge in [-0.2, -0.15) is 5.26 Å². The van der Waals surface area contributed by atoms with Gasteiger partial charge in [-0.05, 0) is 16.7 Å². The highest BCUT2D eigenvalue weighted by Gasteiger charge is 2.51. The number of likely N-dealkylation sites (tertiary alicyclic amines) is 1. The molecule has 4 heteroatoms. The van der Waals surface area contributed by atoms with Gasteiger partial charge in [0.1, 0.15) is 6.04 Å². The predicted molar refractivity (Wildman–Crippen MR) is 92.0 cm³/mol. The summed E-state index contributed by atoms with van der Waals surface area (Å²) >= 11 is 0. The summed E-state index contributed by atoms with van der Waals surface area (Å²) in [5, 5.41) is 19.4. The van der Waals surface area contributed by atoms with Gasteiger partial charge in [0.2, 0.25) is 5.91 Å². The molecule has 1 heterocycles. The van der Waals surface area contributed by atoms with Crippen LogP contribution in [0.15, 0.2) is 54.6 Å². The van der Waals surface area contributed by atoms with Crippen molar-refractivity contribution in [3.8, 4) is 17.2 Å². The van der Waals surface area contributed by atoms with E-state index in [-0.39, 0.29) is 24.5 Å². The number of aliphatic hydroxyl groups excluding tert-OH is 1. The van der Waals surface area contributed by atoms with Crippen molar-refractivity contribution >= 4 is 5.91 Å². The molecule has 0 unspecified atom stereocenters. The lowest BCUT2D eigenvalue weighted by atomic mass is 9.73. The van der Waals surface area contributed by atoms with Gasteiger partial charge in [-0.1, -0.05) is 61.5 Å². The minimum Gasteiger partial charge on any atom is -0.394 e. The van der Waals surface area contributed by atoms with Gasteiger partial charge in [0, 0.05) is 12.3 Å². The Hall–Kier alpha value is -2.64. The molecule has 0 spiro atoms. The number of carbonyl (C=O) groups excluding carboxylic acids is 1. The van der Waals surface area contributed by atoms with Gasteiger partial charge in [-0.3, -0.25) is 4.79 Å². The summed E-state index contributed by atoms with van der Waals surface area (Å²) in [6, 6.07) is 19.3. The number of rotatable bonds is 4. The maximum atomic E-state index is 12.1. The van der Waals surface area contributed by atoms with Crippen LogP contribution in [-0.4, -0.2) is 34.6 Å². The molecule has 0 bridgehead atoms. The predicted octanol–water partition coefficient (Wildman–Crippen LogP) is 2.94. The lowest BCUT2D eigenvalue weighted by Gasteiger charge is -2.52. The number of hydrogen-bond donors (Lipinski definition) is 1. The van der Waals surface area contributed by atoms with Gasteiger partial charge in [-0.25, -0.2) is 0 Å². The first-order valence-electron chi connectivity index (χ1n) is 8.18. The maximum absolute atomic E-state index is 12.1. The number of benzene rings is 2. The molecule has 1 amide bonds. The van der Waals surface area contributed by atoms with Crippen molar-refractivity contribution in [3.05, 3.63) is 60.2 Å². The van der Waals surface area contributed by atoms with Crippen LogP contribution < -0.4 is 0 Å². The lowest BCUT2D eigenvalue weighted by Crippen LogP contribution is -2.65. The van der Waals surface area contributed by atoms with Crippen molar-refractivity contribution in [1.82, 2.24) is 4.90 Å². The van der Waals surface area contributed by atoms with Crippen LogP contribution >= 0.6 is 0 Å². The topological polar surface area (TPSA) is 64.3 Å². The van der Waals surface area contributed by atoms with E-state index < -0.39 is 6.04 Å². The van der Waals surface area contributed by atoms with Crippen LogP contribution in [0, 0.1) is 11.3 Å². The first-order valence-corrected chi connectivity index (χ1v) is 8.18. The third-order valence-corrected chi connectivity index (χ3v) is 4.73. The van der Waals surface area contributed by atoms with Crippen LogP contribution in [0.3, 0.4) is 0 Å². The summed E-state index contributed by atoms with van der Waals surface area (Å²) in [6.07, 6.45) is 0.335. The molecule has 0 aliphatic carbocycles. The van der Waals surface area contributed by atoms with Gasteiger partial charge in [-0.15, -0.1) is 0 Å². The molecule has 122 valence electrons. The van der Waals surface area contributed by atoms with Crippen molar-refractivity contribution in [3.63, 3.8) is 0 Å². The molecule has 1 saturated heterocycles. The second-order valence-corrected chi connectivity index (χ2v) is 5.96. The van der Waals surface area contributed by atoms with E-state index in [0.29, 0.717) is 6.42 Å². The normalized spacial score (nSPS) is 22.5. The number of nitrogens with zero attached hydrogens (tertiary/aromatic N) is 2. The summed E-state index contributed by atoms with van der Waals surface area (Å²) in [7, 11) is 0. The summed E-state index contributed by atoms with van der Waals surface area (Å²) in [4.78, 5) is 13.7. The Labute approximate surface area is 142 Å². The van der Waals surface area contributed by atoms with E-state index in [1.54, 1.807) is 6.92 Å². The average Bonchev–Trinajstić information content (AvgIpc) is 2.62. The van der Waals surface area contributed by atoms with E-state index in [2.05, 4.69) is 6.07 Å². The molecule has 0 aromatic heterocycles. The minimum absolute atomic E-state index is 0.0888. The first kappa shape index (κ1) is 16.2. The largest absolute Gasteiger partial charge is 0.394 e. The van der Waals surface area contributed by atoms with Crippen LogP contribution in [-0.2, 0) is 4.79 Å². The zero-order valence-corrected chi connectivity index (χ0v) is 13.6. The quantitative estimate of drug-likeness (QED) is 0.942. The standard InChI is InChI=1S/C20H20N2O2/c1-2-19(24)22-17(12-21)20(18(22)13-23)16-11-7-6-10-15(16)14-8-4-3-5-9-14/h3-11,17-18,20,23H,2,13H2,1H3/t17-,18-,20-/m0/s1. The molecule has 1 aliphatic heterocycles. The van der Waals surface area contributed by atoms with Gasteiger partial charge in [0.25, 0.3) is 0 Å². The molecule has 3 atom stereocenters. The molecular formula is C20H20N2O2. The van der Waals surface area contributed by atoms with Gasteiger partial charge < -0.3 is 10.0 Å². The number of nitriles is 1. The lowest BCUT2D eigenvalue weighted by molar-refractivity contribution is -0.146. The molecule has 24 heavy (non-hydrogen) atoms. The second-order valence-electron chi connectivity index (χ2n) is 5.96. The smallest absolute Gasteiger partial charge is 0.223 e. The van der Waals surface area contributed by atoms with Crippen molar-refractivity contribution in [2.75, 3.05) is 6.61 Å². The van der Waals surface area contributed by atoms with Crippen molar-refractivity contribution < 1.29 is 9.90 Å². The van der Waals surface area contributed by atoms with E-state index in [0.717, 1.165) is 16.7 Å². The van der Waals surface area contributed by atoms with Crippen LogP contribution in [0.25, 0.3) is 11.1 Å². The zero-order valence-electron chi connectivity index (χ0n) is 13.6. The van der Waals surface area contributed by atoms with Crippen molar-refractivity contribution in [1.29, 1.82) is 5.26 Å². The number of hydrogen-bond acceptors (Lipinski definition) is 3. The van der Waals surface area contributed by atoms with E-state index in [1.807, 2.05) is 54.6 Å². The highest BCUT2D eigenvalue weighted by Crippen LogP contribution is 2.44. The minimum atomic E-state index is -0.528. The Morgan fingerprint density at radius 1 is 1.17 bits per heavy atom. The van der Waals surface area contributed by atoms with Gasteiger partial charge >= 0.3 is 0 Å². The molecule has 0 radical (unpaired) electrons. The van der Waals surface area contributed by atoms with E-state index >= 15 is 0 Å². The van der Waals surface area contributed by atoms with Crippen LogP contribution in [0.1, 0.15) is 24.8 Å². The van der Waals surface area contributed by atoms with E-state index in [9.17, 15) is 15.2 Å². The Morgan fingerprint density at radius 2 is 1.83 bits per heavy atom. The van der Waals surface area contributed by atoms with Crippen LogP contribution in [0.2, 0.25) is 0 Å². The highest BCUT2D eigenvalue weighted by atomic mass is 16.3. The fourth-order valence-corrected chi connectivity index (χ4v) is 3.57. The number of amides is 1. The number of carbonyl (C=O) groups is 1. The molecule has 1 fully saturated rings. The Morgan fingerprint density at radius 3 is 2.46 bits per heavy atom. The Kier molecular flexibility index (Phi) is 4.64. The summed E-state index contributed by atoms with van der Waals surface area (Å²) in [5.74, 6) is -0.263. The van der Waals surface area contributed by atoms with Crippen molar-refractivity contribution in [2.45, 2.75) is 31.3 Å². The zero-order chi connectivity index (χ0) is 17.1. The van der Waals surface area contributed by atoms with E-state index in [4.69, 9.17) is 0 Å². The maximum Gasteiger partial charge on any atom is 0.223 e.